The quantitative estimate of drug-likeness (QED) is 0.922. The minimum absolute atomic E-state index is 0.810. The zero-order valence-electron chi connectivity index (χ0n) is 12.0. The molecule has 1 N–H and O–H groups in total. The van der Waals surface area contributed by atoms with Crippen LogP contribution in [-0.4, -0.2) is 61.3 Å². The largest absolute Gasteiger partial charge is 0.383 e. The molecule has 1 aliphatic heterocycles. The molecule has 0 amide bonds. The first kappa shape index (κ1) is 13.4. The number of ether oxygens (including phenoxy) is 1. The highest BCUT2D eigenvalue weighted by molar-refractivity contribution is 5.77. The molecule has 1 aromatic carbocycles. The fourth-order valence-electron chi connectivity index (χ4n) is 2.72. The smallest absolute Gasteiger partial charge is 0.203 e. The van der Waals surface area contributed by atoms with Gasteiger partial charge >= 0.3 is 0 Å². The zero-order valence-corrected chi connectivity index (χ0v) is 12.0. The SMILES string of the molecule is COCCN1CCCN(c2nc3ccccc3[nH]2)CC1. The van der Waals surface area contributed by atoms with E-state index in [1.54, 1.807) is 7.11 Å². The first-order valence-corrected chi connectivity index (χ1v) is 7.28. The summed E-state index contributed by atoms with van der Waals surface area (Å²) >= 11 is 0. The Morgan fingerprint density at radius 1 is 1.20 bits per heavy atom. The molecule has 1 aromatic heterocycles. The van der Waals surface area contributed by atoms with Crippen LogP contribution in [0.4, 0.5) is 5.95 Å². The minimum Gasteiger partial charge on any atom is -0.383 e. The third kappa shape index (κ3) is 2.94. The van der Waals surface area contributed by atoms with Crippen molar-refractivity contribution in [3.63, 3.8) is 0 Å². The van der Waals surface area contributed by atoms with Crippen LogP contribution in [0.1, 0.15) is 6.42 Å². The van der Waals surface area contributed by atoms with Crippen LogP contribution in [0.2, 0.25) is 0 Å². The molecular formula is C15H22N4O. The number of H-pyrrole nitrogens is 1. The van der Waals surface area contributed by atoms with Crippen LogP contribution in [0.3, 0.4) is 0 Å². The van der Waals surface area contributed by atoms with Crippen LogP contribution in [0.15, 0.2) is 24.3 Å². The van der Waals surface area contributed by atoms with Gasteiger partial charge in [-0.3, -0.25) is 4.90 Å². The lowest BCUT2D eigenvalue weighted by molar-refractivity contribution is 0.152. The molecule has 3 rings (SSSR count). The van der Waals surface area contributed by atoms with Crippen molar-refractivity contribution in [2.75, 3.05) is 51.3 Å². The summed E-state index contributed by atoms with van der Waals surface area (Å²) in [5.74, 6) is 1.000. The normalized spacial score (nSPS) is 17.6. The maximum atomic E-state index is 5.16. The maximum absolute atomic E-state index is 5.16. The number of methoxy groups -OCH3 is 1. The van der Waals surface area contributed by atoms with Crippen molar-refractivity contribution < 1.29 is 4.74 Å². The number of aromatic amines is 1. The van der Waals surface area contributed by atoms with Gasteiger partial charge in [-0.1, -0.05) is 12.1 Å². The third-order valence-corrected chi connectivity index (χ3v) is 3.88. The van der Waals surface area contributed by atoms with E-state index in [0.29, 0.717) is 0 Å². The standard InChI is InChI=1S/C15H22N4O/c1-20-12-11-18-7-4-8-19(10-9-18)15-16-13-5-2-3-6-14(13)17-15/h2-3,5-6H,4,7-12H2,1H3,(H,16,17). The van der Waals surface area contributed by atoms with Gasteiger partial charge in [-0.05, 0) is 25.1 Å². The van der Waals surface area contributed by atoms with E-state index < -0.39 is 0 Å². The Balaban J connectivity index is 1.68. The average Bonchev–Trinajstić information content (AvgIpc) is 2.76. The number of nitrogens with zero attached hydrogens (tertiary/aromatic N) is 3. The van der Waals surface area contributed by atoms with Crippen LogP contribution in [-0.2, 0) is 4.74 Å². The Morgan fingerprint density at radius 3 is 2.95 bits per heavy atom. The minimum atomic E-state index is 0.810. The highest BCUT2D eigenvalue weighted by Crippen LogP contribution is 2.18. The molecule has 1 saturated heterocycles. The Kier molecular flexibility index (Phi) is 4.18. The lowest BCUT2D eigenvalue weighted by Crippen LogP contribution is -2.33. The van der Waals surface area contributed by atoms with Crippen molar-refractivity contribution in [3.05, 3.63) is 24.3 Å². The molecule has 2 aromatic rings. The molecule has 5 heteroatoms. The summed E-state index contributed by atoms with van der Waals surface area (Å²) in [6.07, 6.45) is 1.17. The molecule has 20 heavy (non-hydrogen) atoms. The first-order valence-electron chi connectivity index (χ1n) is 7.28. The van der Waals surface area contributed by atoms with Crippen LogP contribution in [0, 0.1) is 0 Å². The second-order valence-corrected chi connectivity index (χ2v) is 5.25. The van der Waals surface area contributed by atoms with Crippen molar-refractivity contribution >= 4 is 17.0 Å². The van der Waals surface area contributed by atoms with Gasteiger partial charge in [0, 0.05) is 33.3 Å². The molecule has 0 saturated carbocycles. The summed E-state index contributed by atoms with van der Waals surface area (Å²) in [6.45, 7) is 6.11. The molecule has 5 nitrogen and oxygen atoms in total. The highest BCUT2D eigenvalue weighted by Gasteiger charge is 2.17. The molecule has 0 spiro atoms. The van der Waals surface area contributed by atoms with Crippen molar-refractivity contribution in [1.29, 1.82) is 0 Å². The summed E-state index contributed by atoms with van der Waals surface area (Å²) in [6, 6.07) is 8.20. The molecule has 2 heterocycles. The Hall–Kier alpha value is -1.59. The van der Waals surface area contributed by atoms with E-state index in [9.17, 15) is 0 Å². The van der Waals surface area contributed by atoms with Crippen LogP contribution in [0.5, 0.6) is 0 Å². The molecule has 0 bridgehead atoms. The van der Waals surface area contributed by atoms with Crippen LogP contribution < -0.4 is 4.90 Å². The predicted molar refractivity (Wildman–Crippen MR) is 81.2 cm³/mol. The van der Waals surface area contributed by atoms with E-state index in [0.717, 1.165) is 56.3 Å². The van der Waals surface area contributed by atoms with Gasteiger partial charge in [0.25, 0.3) is 0 Å². The molecular weight excluding hydrogens is 252 g/mol. The molecule has 1 aliphatic rings. The van der Waals surface area contributed by atoms with Gasteiger partial charge in [-0.2, -0.15) is 0 Å². The third-order valence-electron chi connectivity index (χ3n) is 3.88. The number of fused-ring (bicyclic) bond motifs is 1. The van der Waals surface area contributed by atoms with E-state index in [4.69, 9.17) is 9.72 Å². The van der Waals surface area contributed by atoms with Gasteiger partial charge in [0.1, 0.15) is 0 Å². The van der Waals surface area contributed by atoms with E-state index in [2.05, 4.69) is 26.9 Å². The van der Waals surface area contributed by atoms with Gasteiger partial charge in [0.05, 0.1) is 17.6 Å². The predicted octanol–water partition coefficient (Wildman–Crippen LogP) is 1.72. The topological polar surface area (TPSA) is 44.4 Å². The number of imidazole rings is 1. The number of anilines is 1. The van der Waals surface area contributed by atoms with Crippen molar-refractivity contribution in [2.24, 2.45) is 0 Å². The Morgan fingerprint density at radius 2 is 2.10 bits per heavy atom. The lowest BCUT2D eigenvalue weighted by atomic mass is 10.3. The molecule has 0 aliphatic carbocycles. The summed E-state index contributed by atoms with van der Waals surface area (Å²) < 4.78 is 5.16. The number of benzene rings is 1. The summed E-state index contributed by atoms with van der Waals surface area (Å²) in [4.78, 5) is 12.9. The van der Waals surface area contributed by atoms with Crippen molar-refractivity contribution in [2.45, 2.75) is 6.42 Å². The van der Waals surface area contributed by atoms with E-state index in [1.165, 1.54) is 6.42 Å². The van der Waals surface area contributed by atoms with Gasteiger partial charge < -0.3 is 14.6 Å². The zero-order chi connectivity index (χ0) is 13.8. The highest BCUT2D eigenvalue weighted by atomic mass is 16.5. The fraction of sp³-hybridized carbons (Fsp3) is 0.533. The number of nitrogens with one attached hydrogen (secondary N) is 1. The van der Waals surface area contributed by atoms with Crippen LogP contribution in [0.25, 0.3) is 11.0 Å². The monoisotopic (exact) mass is 274 g/mol. The molecule has 0 unspecified atom stereocenters. The van der Waals surface area contributed by atoms with E-state index in [-0.39, 0.29) is 0 Å². The summed E-state index contributed by atoms with van der Waals surface area (Å²) in [5, 5.41) is 0. The molecule has 1 fully saturated rings. The Labute approximate surface area is 119 Å². The van der Waals surface area contributed by atoms with E-state index >= 15 is 0 Å². The van der Waals surface area contributed by atoms with Crippen LogP contribution >= 0.6 is 0 Å². The second-order valence-electron chi connectivity index (χ2n) is 5.25. The summed E-state index contributed by atoms with van der Waals surface area (Å²) in [7, 11) is 1.76. The van der Waals surface area contributed by atoms with Crippen molar-refractivity contribution in [1.82, 2.24) is 14.9 Å². The van der Waals surface area contributed by atoms with Crippen molar-refractivity contribution in [3.8, 4) is 0 Å². The second kappa shape index (κ2) is 6.24. The number of aromatic nitrogens is 2. The fourth-order valence-corrected chi connectivity index (χ4v) is 2.72. The average molecular weight is 274 g/mol. The number of hydrogen-bond acceptors (Lipinski definition) is 4. The number of para-hydroxylation sites is 2. The van der Waals surface area contributed by atoms with Gasteiger partial charge in [0.15, 0.2) is 0 Å². The first-order chi connectivity index (χ1) is 9.86. The molecule has 0 radical (unpaired) electrons. The molecule has 0 atom stereocenters. The van der Waals surface area contributed by atoms with Gasteiger partial charge in [0.2, 0.25) is 5.95 Å². The van der Waals surface area contributed by atoms with E-state index in [1.807, 2.05) is 12.1 Å². The van der Waals surface area contributed by atoms with Gasteiger partial charge in [-0.15, -0.1) is 0 Å². The lowest BCUT2D eigenvalue weighted by Gasteiger charge is -2.21. The number of hydrogen-bond donors (Lipinski definition) is 1. The van der Waals surface area contributed by atoms with Gasteiger partial charge in [-0.25, -0.2) is 4.98 Å². The Bertz CT molecular complexity index is 521. The number of rotatable bonds is 4. The maximum Gasteiger partial charge on any atom is 0.203 e. The summed E-state index contributed by atoms with van der Waals surface area (Å²) in [5.41, 5.74) is 2.16. The molecule has 108 valence electrons.